The van der Waals surface area contributed by atoms with Gasteiger partial charge in [-0.15, -0.1) is 0 Å². The molecule has 0 spiro atoms. The Morgan fingerprint density at radius 3 is 2.62 bits per heavy atom. The van der Waals surface area contributed by atoms with Gasteiger partial charge in [0.2, 0.25) is 0 Å². The summed E-state index contributed by atoms with van der Waals surface area (Å²) in [6.45, 7) is 3.81. The minimum Gasteiger partial charge on any atom is -0.506 e. The molecule has 0 aliphatic heterocycles. The first-order valence-electron chi connectivity index (χ1n) is 7.63. The molecule has 3 N–H and O–H groups in total. The Balaban J connectivity index is 2.30. The van der Waals surface area contributed by atoms with Gasteiger partial charge in [0.1, 0.15) is 5.75 Å². The van der Waals surface area contributed by atoms with E-state index in [-0.39, 0.29) is 0 Å². The van der Waals surface area contributed by atoms with Crippen LogP contribution in [0.25, 0.3) is 22.2 Å². The highest BCUT2D eigenvalue weighted by Crippen LogP contribution is 2.32. The van der Waals surface area contributed by atoms with E-state index >= 15 is 0 Å². The van der Waals surface area contributed by atoms with E-state index in [0.29, 0.717) is 17.7 Å². The predicted molar refractivity (Wildman–Crippen MR) is 91.7 cm³/mol. The first-order chi connectivity index (χ1) is 11.3. The Bertz CT molecular complexity index is 1030. The van der Waals surface area contributed by atoms with Crippen LogP contribution < -0.4 is 5.56 Å². The smallest absolute Gasteiger partial charge is 0.345 e. The topological polar surface area (TPSA) is 95.3 Å². The second-order valence-corrected chi connectivity index (χ2v) is 5.81. The van der Waals surface area contributed by atoms with E-state index in [4.69, 9.17) is 5.11 Å². The average molecular weight is 326 g/mol. The summed E-state index contributed by atoms with van der Waals surface area (Å²) in [5.74, 6) is -1.91. The SMILES string of the molecule is CCc1c(-c2ccc3c(c2)cc(C)n3C)[nH]c(=O)c(C(=O)O)c1O. The number of nitrogens with zero attached hydrogens (tertiary/aromatic N) is 1. The summed E-state index contributed by atoms with van der Waals surface area (Å²) in [6.07, 6.45) is 0.393. The maximum absolute atomic E-state index is 12.1. The van der Waals surface area contributed by atoms with Crippen molar-refractivity contribution in [2.45, 2.75) is 20.3 Å². The van der Waals surface area contributed by atoms with Gasteiger partial charge in [-0.05, 0) is 37.1 Å². The summed E-state index contributed by atoms with van der Waals surface area (Å²) in [6, 6.07) is 7.75. The van der Waals surface area contributed by atoms with Crippen LogP contribution in [0.3, 0.4) is 0 Å². The number of hydrogen-bond donors (Lipinski definition) is 3. The van der Waals surface area contributed by atoms with Crippen molar-refractivity contribution < 1.29 is 15.0 Å². The van der Waals surface area contributed by atoms with Gasteiger partial charge < -0.3 is 19.8 Å². The van der Waals surface area contributed by atoms with E-state index in [2.05, 4.69) is 9.55 Å². The van der Waals surface area contributed by atoms with E-state index < -0.39 is 22.8 Å². The summed E-state index contributed by atoms with van der Waals surface area (Å²) in [4.78, 5) is 25.9. The number of carboxylic acid groups (broad SMARTS) is 1. The number of carbonyl (C=O) groups is 1. The number of aromatic nitrogens is 2. The van der Waals surface area contributed by atoms with Gasteiger partial charge >= 0.3 is 5.97 Å². The second-order valence-electron chi connectivity index (χ2n) is 5.81. The summed E-state index contributed by atoms with van der Waals surface area (Å²) in [5.41, 5.74) is 2.34. The van der Waals surface area contributed by atoms with Crippen molar-refractivity contribution in [2.24, 2.45) is 7.05 Å². The molecule has 3 aromatic rings. The van der Waals surface area contributed by atoms with Crippen molar-refractivity contribution in [1.29, 1.82) is 0 Å². The fraction of sp³-hybridized carbons (Fsp3) is 0.222. The lowest BCUT2D eigenvalue weighted by atomic mass is 9.99. The van der Waals surface area contributed by atoms with Gasteiger partial charge in [-0.1, -0.05) is 13.0 Å². The molecule has 1 aromatic carbocycles. The highest BCUT2D eigenvalue weighted by atomic mass is 16.4. The number of carboxylic acids is 1. The number of aromatic hydroxyl groups is 1. The van der Waals surface area contributed by atoms with Gasteiger partial charge in [0.05, 0.1) is 5.69 Å². The molecule has 0 saturated carbocycles. The maximum Gasteiger partial charge on any atom is 0.345 e. The third-order valence-corrected chi connectivity index (χ3v) is 4.43. The third kappa shape index (κ3) is 2.27. The van der Waals surface area contributed by atoms with E-state index in [9.17, 15) is 14.7 Å². The predicted octanol–water partition coefficient (Wildman–Crippen LogP) is 2.81. The number of nitrogens with one attached hydrogen (secondary N) is 1. The zero-order valence-electron chi connectivity index (χ0n) is 13.7. The normalized spacial score (nSPS) is 11.1. The number of pyridine rings is 1. The Labute approximate surface area is 138 Å². The van der Waals surface area contributed by atoms with Crippen LogP contribution in [0.1, 0.15) is 28.5 Å². The van der Waals surface area contributed by atoms with Crippen molar-refractivity contribution in [2.75, 3.05) is 0 Å². The first kappa shape index (κ1) is 15.9. The van der Waals surface area contributed by atoms with Gasteiger partial charge in [0.15, 0.2) is 5.56 Å². The Morgan fingerprint density at radius 1 is 1.29 bits per heavy atom. The van der Waals surface area contributed by atoms with Gasteiger partial charge in [-0.3, -0.25) is 4.79 Å². The molecular formula is C18H18N2O4. The largest absolute Gasteiger partial charge is 0.506 e. The number of aromatic amines is 1. The standard InChI is InChI=1S/C18H18N2O4/c1-4-12-15(19-17(22)14(16(12)21)18(23)24)10-5-6-13-11(8-10)7-9(2)20(13)3/h5-8H,4H2,1-3H3,(H,23,24)(H2,19,21,22). The number of rotatable bonds is 3. The molecule has 0 saturated heterocycles. The lowest BCUT2D eigenvalue weighted by Crippen LogP contribution is -2.20. The molecule has 0 bridgehead atoms. The molecule has 2 aromatic heterocycles. The zero-order valence-corrected chi connectivity index (χ0v) is 13.7. The van der Waals surface area contributed by atoms with Crippen LogP contribution in [-0.4, -0.2) is 25.7 Å². The second kappa shape index (κ2) is 5.56. The molecule has 6 nitrogen and oxygen atoms in total. The molecule has 0 radical (unpaired) electrons. The molecule has 0 aliphatic carbocycles. The minimum absolute atomic E-state index is 0.393. The van der Waals surface area contributed by atoms with E-state index in [0.717, 1.165) is 22.2 Å². The van der Waals surface area contributed by atoms with E-state index in [1.54, 1.807) is 6.92 Å². The van der Waals surface area contributed by atoms with Crippen LogP contribution in [0.2, 0.25) is 0 Å². The Morgan fingerprint density at radius 2 is 2.00 bits per heavy atom. The lowest BCUT2D eigenvalue weighted by molar-refractivity contribution is 0.0691. The monoisotopic (exact) mass is 326 g/mol. The zero-order chi connectivity index (χ0) is 17.6. The van der Waals surface area contributed by atoms with Crippen molar-refractivity contribution in [3.8, 4) is 17.0 Å². The number of aryl methyl sites for hydroxylation is 2. The molecular weight excluding hydrogens is 308 g/mol. The highest BCUT2D eigenvalue weighted by Gasteiger charge is 2.22. The fourth-order valence-corrected chi connectivity index (χ4v) is 3.06. The van der Waals surface area contributed by atoms with Gasteiger partial charge in [-0.2, -0.15) is 0 Å². The fourth-order valence-electron chi connectivity index (χ4n) is 3.06. The lowest BCUT2D eigenvalue weighted by Gasteiger charge is -2.12. The van der Waals surface area contributed by atoms with E-state index in [1.165, 1.54) is 0 Å². The van der Waals surface area contributed by atoms with Crippen molar-refractivity contribution >= 4 is 16.9 Å². The average Bonchev–Trinajstić information content (AvgIpc) is 2.80. The summed E-state index contributed by atoms with van der Waals surface area (Å²) >= 11 is 0. The van der Waals surface area contributed by atoms with Gasteiger partial charge in [0, 0.05) is 29.2 Å². The van der Waals surface area contributed by atoms with Crippen LogP contribution in [0.5, 0.6) is 5.75 Å². The molecule has 24 heavy (non-hydrogen) atoms. The quantitative estimate of drug-likeness (QED) is 0.689. The Kier molecular flexibility index (Phi) is 3.67. The van der Waals surface area contributed by atoms with Crippen molar-refractivity contribution in [3.05, 3.63) is 51.4 Å². The summed E-state index contributed by atoms with van der Waals surface area (Å²) in [5, 5.41) is 20.4. The molecule has 124 valence electrons. The number of benzene rings is 1. The van der Waals surface area contributed by atoms with Crippen molar-refractivity contribution in [3.63, 3.8) is 0 Å². The molecule has 0 fully saturated rings. The van der Waals surface area contributed by atoms with E-state index in [1.807, 2.05) is 38.2 Å². The summed E-state index contributed by atoms with van der Waals surface area (Å²) in [7, 11) is 1.98. The van der Waals surface area contributed by atoms with Gasteiger partial charge in [0.25, 0.3) is 5.56 Å². The molecule has 0 amide bonds. The minimum atomic E-state index is -1.44. The van der Waals surface area contributed by atoms with Crippen LogP contribution in [-0.2, 0) is 13.5 Å². The maximum atomic E-state index is 12.1. The molecule has 2 heterocycles. The Hall–Kier alpha value is -3.02. The molecule has 0 atom stereocenters. The highest BCUT2D eigenvalue weighted by molar-refractivity contribution is 5.92. The molecule has 3 rings (SSSR count). The number of aromatic carboxylic acids is 1. The number of hydrogen-bond acceptors (Lipinski definition) is 3. The summed E-state index contributed by atoms with van der Waals surface area (Å²) < 4.78 is 2.06. The number of H-pyrrole nitrogens is 1. The number of fused-ring (bicyclic) bond motifs is 1. The van der Waals surface area contributed by atoms with Crippen LogP contribution in [0.4, 0.5) is 0 Å². The first-order valence-corrected chi connectivity index (χ1v) is 7.63. The molecule has 0 aliphatic rings. The van der Waals surface area contributed by atoms with Crippen LogP contribution >= 0.6 is 0 Å². The van der Waals surface area contributed by atoms with Crippen molar-refractivity contribution in [1.82, 2.24) is 9.55 Å². The van der Waals surface area contributed by atoms with Crippen LogP contribution in [0.15, 0.2) is 29.1 Å². The molecule has 0 unspecified atom stereocenters. The molecule has 6 heteroatoms. The van der Waals surface area contributed by atoms with Crippen LogP contribution in [0, 0.1) is 6.92 Å². The third-order valence-electron chi connectivity index (χ3n) is 4.43. The van der Waals surface area contributed by atoms with Gasteiger partial charge in [-0.25, -0.2) is 4.79 Å².